The van der Waals surface area contributed by atoms with Crippen molar-refractivity contribution in [1.82, 2.24) is 10.3 Å². The molecule has 35 heavy (non-hydrogen) atoms. The van der Waals surface area contributed by atoms with E-state index in [0.717, 1.165) is 12.1 Å². The first kappa shape index (κ1) is 24.9. The topological polar surface area (TPSA) is 51.2 Å². The smallest absolute Gasteiger partial charge is 0.416 e. The average Bonchev–Trinajstić information content (AvgIpc) is 2.82. The number of aromatic nitrogens is 1. The Labute approximate surface area is 211 Å². The Bertz CT molecular complexity index is 1400. The monoisotopic (exact) mass is 566 g/mol. The summed E-state index contributed by atoms with van der Waals surface area (Å²) in [4.78, 5) is 17.4. The van der Waals surface area contributed by atoms with Crippen molar-refractivity contribution in [3.8, 4) is 11.5 Å². The highest BCUT2D eigenvalue weighted by atomic mass is 79.9. The van der Waals surface area contributed by atoms with E-state index in [1.165, 1.54) is 24.4 Å². The number of amides is 1. The minimum absolute atomic E-state index is 0.0158. The van der Waals surface area contributed by atoms with Crippen LogP contribution in [-0.2, 0) is 6.18 Å². The maximum Gasteiger partial charge on any atom is 0.416 e. The number of hydrogen-bond donors (Lipinski definition) is 1. The summed E-state index contributed by atoms with van der Waals surface area (Å²) in [6.07, 6.45) is -4.91. The molecule has 0 saturated heterocycles. The van der Waals surface area contributed by atoms with E-state index in [2.05, 4.69) is 26.2 Å². The molecular weight excluding hydrogens is 552 g/mol. The summed E-state index contributed by atoms with van der Waals surface area (Å²) in [5, 5.41) is 3.11. The Morgan fingerprint density at radius 3 is 2.60 bits per heavy atom. The van der Waals surface area contributed by atoms with Crippen LogP contribution >= 0.6 is 27.5 Å². The van der Waals surface area contributed by atoms with E-state index in [-0.39, 0.29) is 34.2 Å². The Morgan fingerprint density at radius 1 is 1.09 bits per heavy atom. The molecule has 0 radical (unpaired) electrons. The number of rotatable bonds is 6. The lowest BCUT2D eigenvalue weighted by atomic mass is 10.1. The molecule has 0 aliphatic heterocycles. The number of carbonyl (C=O) groups is 1. The molecule has 1 aromatic heterocycles. The van der Waals surface area contributed by atoms with Gasteiger partial charge in [0, 0.05) is 20.4 Å². The Hall–Kier alpha value is -3.17. The van der Waals surface area contributed by atoms with Crippen LogP contribution in [0.5, 0.6) is 11.5 Å². The molecule has 1 amide bonds. The van der Waals surface area contributed by atoms with Crippen molar-refractivity contribution in [3.63, 3.8) is 0 Å². The van der Waals surface area contributed by atoms with Crippen LogP contribution in [0, 0.1) is 0 Å². The third-order valence-corrected chi connectivity index (χ3v) is 5.92. The molecule has 0 unspecified atom stereocenters. The van der Waals surface area contributed by atoms with E-state index in [4.69, 9.17) is 16.3 Å². The standard InChI is InChI=1S/C25H16BrClF4N2O2/c26-15-8-9-17(19(27)11-15)20(28)12-33-24(34)23-18-6-1-2-7-21(18)32-13-22(23)35-16-5-3-4-14(10-16)25(29,30)31/h1-11,13,20H,12H2,(H,33,34)/t20-/m0/s1. The van der Waals surface area contributed by atoms with Gasteiger partial charge in [-0.15, -0.1) is 0 Å². The largest absolute Gasteiger partial charge is 0.455 e. The minimum atomic E-state index is -4.56. The van der Waals surface area contributed by atoms with Crippen molar-refractivity contribution in [1.29, 1.82) is 0 Å². The molecule has 0 aliphatic rings. The molecule has 1 heterocycles. The van der Waals surface area contributed by atoms with Crippen molar-refractivity contribution < 1.29 is 27.1 Å². The summed E-state index contributed by atoms with van der Waals surface area (Å²) in [6, 6.07) is 15.6. The molecular formula is C25H16BrClF4N2O2. The van der Waals surface area contributed by atoms with Crippen molar-refractivity contribution in [2.75, 3.05) is 6.54 Å². The highest BCUT2D eigenvalue weighted by molar-refractivity contribution is 9.10. The van der Waals surface area contributed by atoms with Gasteiger partial charge in [0.15, 0.2) is 5.75 Å². The van der Waals surface area contributed by atoms with Crippen LogP contribution in [0.25, 0.3) is 10.9 Å². The second kappa shape index (κ2) is 10.2. The highest BCUT2D eigenvalue weighted by Gasteiger charge is 2.31. The predicted octanol–water partition coefficient (Wildman–Crippen LogP) is 7.90. The molecule has 0 aliphatic carbocycles. The van der Waals surface area contributed by atoms with E-state index >= 15 is 0 Å². The summed E-state index contributed by atoms with van der Waals surface area (Å²) in [5.41, 5.74) is -0.222. The lowest BCUT2D eigenvalue weighted by molar-refractivity contribution is -0.137. The summed E-state index contributed by atoms with van der Waals surface area (Å²) in [7, 11) is 0. The summed E-state index contributed by atoms with van der Waals surface area (Å²) in [6.45, 7) is -0.389. The fraction of sp³-hybridized carbons (Fsp3) is 0.120. The average molecular weight is 568 g/mol. The van der Waals surface area contributed by atoms with E-state index in [0.29, 0.717) is 15.4 Å². The van der Waals surface area contributed by atoms with Gasteiger partial charge >= 0.3 is 6.18 Å². The van der Waals surface area contributed by atoms with Crippen LogP contribution in [0.3, 0.4) is 0 Å². The number of nitrogens with zero attached hydrogens (tertiary/aromatic N) is 1. The zero-order valence-corrected chi connectivity index (χ0v) is 20.1. The molecule has 3 aromatic carbocycles. The number of fused-ring (bicyclic) bond motifs is 1. The number of pyridine rings is 1. The zero-order chi connectivity index (χ0) is 25.2. The van der Waals surface area contributed by atoms with E-state index < -0.39 is 23.8 Å². The third kappa shape index (κ3) is 5.74. The molecule has 1 N–H and O–H groups in total. The van der Waals surface area contributed by atoms with Gasteiger partial charge in [-0.2, -0.15) is 13.2 Å². The highest BCUT2D eigenvalue weighted by Crippen LogP contribution is 2.35. The van der Waals surface area contributed by atoms with Gasteiger partial charge < -0.3 is 10.1 Å². The number of benzene rings is 3. The Kier molecular flexibility index (Phi) is 7.28. The fourth-order valence-corrected chi connectivity index (χ4v) is 4.23. The Balaban J connectivity index is 1.64. The molecule has 0 spiro atoms. The van der Waals surface area contributed by atoms with Crippen LogP contribution in [0.15, 0.2) is 77.4 Å². The molecule has 1 atom stereocenters. The van der Waals surface area contributed by atoms with Crippen molar-refractivity contribution in [2.45, 2.75) is 12.3 Å². The van der Waals surface area contributed by atoms with E-state index in [9.17, 15) is 22.4 Å². The number of alkyl halides is 4. The number of halogens is 6. The lowest BCUT2D eigenvalue weighted by Gasteiger charge is -2.16. The van der Waals surface area contributed by atoms with Gasteiger partial charge in [-0.1, -0.05) is 57.9 Å². The Morgan fingerprint density at radius 2 is 1.86 bits per heavy atom. The fourth-order valence-electron chi connectivity index (χ4n) is 3.43. The van der Waals surface area contributed by atoms with Gasteiger partial charge in [0.1, 0.15) is 11.9 Å². The van der Waals surface area contributed by atoms with Gasteiger partial charge in [-0.05, 0) is 36.4 Å². The molecule has 4 nitrogen and oxygen atoms in total. The minimum Gasteiger partial charge on any atom is -0.455 e. The number of hydrogen-bond acceptors (Lipinski definition) is 3. The molecule has 4 aromatic rings. The van der Waals surface area contributed by atoms with Crippen molar-refractivity contribution >= 4 is 44.3 Å². The van der Waals surface area contributed by atoms with Crippen LogP contribution < -0.4 is 10.1 Å². The molecule has 0 fully saturated rings. The van der Waals surface area contributed by atoms with Crippen LogP contribution in [-0.4, -0.2) is 17.4 Å². The van der Waals surface area contributed by atoms with Crippen molar-refractivity contribution in [3.05, 3.63) is 99.1 Å². The predicted molar refractivity (Wildman–Crippen MR) is 129 cm³/mol. The van der Waals surface area contributed by atoms with Gasteiger partial charge in [0.05, 0.1) is 29.4 Å². The normalized spacial score (nSPS) is 12.4. The molecule has 4 rings (SSSR count). The molecule has 0 saturated carbocycles. The second-order valence-corrected chi connectivity index (χ2v) is 8.81. The first-order valence-corrected chi connectivity index (χ1v) is 11.4. The number of nitrogens with one attached hydrogen (secondary N) is 1. The maximum absolute atomic E-state index is 14.9. The number of carbonyl (C=O) groups excluding carboxylic acids is 1. The summed E-state index contributed by atoms with van der Waals surface area (Å²) in [5.74, 6) is -0.880. The summed E-state index contributed by atoms with van der Waals surface area (Å²) < 4.78 is 60.5. The van der Waals surface area contributed by atoms with Crippen LogP contribution in [0.1, 0.15) is 27.7 Å². The third-order valence-electron chi connectivity index (χ3n) is 5.10. The molecule has 10 heteroatoms. The first-order chi connectivity index (χ1) is 16.6. The van der Waals surface area contributed by atoms with E-state index in [1.807, 2.05) is 0 Å². The van der Waals surface area contributed by atoms with Crippen molar-refractivity contribution in [2.24, 2.45) is 0 Å². The van der Waals surface area contributed by atoms with Crippen LogP contribution in [0.2, 0.25) is 5.02 Å². The van der Waals surface area contributed by atoms with Gasteiger partial charge in [-0.25, -0.2) is 4.39 Å². The van der Waals surface area contributed by atoms with Gasteiger partial charge in [-0.3, -0.25) is 9.78 Å². The van der Waals surface area contributed by atoms with Gasteiger partial charge in [0.25, 0.3) is 5.91 Å². The molecule has 0 bridgehead atoms. The lowest BCUT2D eigenvalue weighted by Crippen LogP contribution is -2.28. The van der Waals surface area contributed by atoms with E-state index in [1.54, 1.807) is 36.4 Å². The number of ether oxygens (including phenoxy) is 1. The van der Waals surface area contributed by atoms with Crippen LogP contribution in [0.4, 0.5) is 17.6 Å². The number of para-hydroxylation sites is 1. The quantitative estimate of drug-likeness (QED) is 0.241. The molecule has 180 valence electrons. The maximum atomic E-state index is 14.9. The van der Waals surface area contributed by atoms with Gasteiger partial charge in [0.2, 0.25) is 0 Å². The second-order valence-electron chi connectivity index (χ2n) is 7.49. The zero-order valence-electron chi connectivity index (χ0n) is 17.7. The SMILES string of the molecule is O=C(NC[C@H](F)c1ccc(Br)cc1Cl)c1c(Oc2cccc(C(F)(F)F)c2)cnc2ccccc12. The first-order valence-electron chi connectivity index (χ1n) is 10.2. The summed E-state index contributed by atoms with van der Waals surface area (Å²) >= 11 is 9.36.